The molecule has 1 saturated heterocycles. The molecule has 2 aromatic carbocycles. The van der Waals surface area contributed by atoms with Crippen LogP contribution in [0.5, 0.6) is 11.5 Å². The maximum atomic E-state index is 11.8. The average Bonchev–Trinajstić information content (AvgIpc) is 3.16. The second-order valence-electron chi connectivity index (χ2n) is 6.68. The summed E-state index contributed by atoms with van der Waals surface area (Å²) in [5, 5.41) is 0. The van der Waals surface area contributed by atoms with Crippen LogP contribution < -0.4 is 9.47 Å². The Morgan fingerprint density at radius 1 is 0.880 bits per heavy atom. The van der Waals surface area contributed by atoms with E-state index in [-0.39, 0.29) is 24.0 Å². The van der Waals surface area contributed by atoms with Gasteiger partial charge in [-0.1, -0.05) is 30.3 Å². The summed E-state index contributed by atoms with van der Waals surface area (Å²) < 4.78 is 17.5. The van der Waals surface area contributed by atoms with E-state index in [0.717, 1.165) is 45.6 Å². The number of ether oxygens (including phenoxy) is 3. The highest BCUT2D eigenvalue weighted by Crippen LogP contribution is 2.70. The summed E-state index contributed by atoms with van der Waals surface area (Å²) in [7, 11) is 3.34. The summed E-state index contributed by atoms with van der Waals surface area (Å²) in [6.07, 6.45) is 0.775. The predicted octanol–water partition coefficient (Wildman–Crippen LogP) is 3.73. The Morgan fingerprint density at radius 3 is 2.04 bits per heavy atom. The van der Waals surface area contributed by atoms with Crippen LogP contribution >= 0.6 is 0 Å². The lowest BCUT2D eigenvalue weighted by Crippen LogP contribution is -2.35. The molecular formula is C21H18O4. The van der Waals surface area contributed by atoms with Gasteiger partial charge in [-0.3, -0.25) is 4.79 Å². The molecule has 2 aliphatic heterocycles. The summed E-state index contributed by atoms with van der Waals surface area (Å²) in [5.41, 5.74) is 5.19. The van der Waals surface area contributed by atoms with Crippen LogP contribution in [-0.4, -0.2) is 20.5 Å². The van der Waals surface area contributed by atoms with E-state index in [1.165, 1.54) is 0 Å². The summed E-state index contributed by atoms with van der Waals surface area (Å²) in [6, 6.07) is 14.0. The van der Waals surface area contributed by atoms with Gasteiger partial charge in [-0.15, -0.1) is 0 Å². The smallest absolute Gasteiger partial charge is 0.146 e. The molecule has 4 nitrogen and oxygen atoms in total. The van der Waals surface area contributed by atoms with Crippen LogP contribution in [0.25, 0.3) is 5.57 Å². The molecule has 4 heteroatoms. The Kier molecular flexibility index (Phi) is 3.06. The van der Waals surface area contributed by atoms with E-state index in [1.807, 2.05) is 30.3 Å². The van der Waals surface area contributed by atoms with Gasteiger partial charge in [0.05, 0.1) is 26.4 Å². The van der Waals surface area contributed by atoms with E-state index in [0.29, 0.717) is 0 Å². The summed E-state index contributed by atoms with van der Waals surface area (Å²) in [5.74, 6) is 1.93. The Hall–Kier alpha value is -2.59. The minimum atomic E-state index is -0.136. The molecule has 5 rings (SSSR count). The van der Waals surface area contributed by atoms with Crippen LogP contribution in [0, 0.1) is 11.8 Å². The maximum absolute atomic E-state index is 11.8. The molecule has 1 fully saturated rings. The van der Waals surface area contributed by atoms with Gasteiger partial charge in [0.1, 0.15) is 17.8 Å². The number of methoxy groups -OCH3 is 2. The van der Waals surface area contributed by atoms with Gasteiger partial charge in [0.2, 0.25) is 0 Å². The molecule has 3 aliphatic rings. The maximum Gasteiger partial charge on any atom is 0.146 e. The van der Waals surface area contributed by atoms with Gasteiger partial charge in [-0.05, 0) is 23.3 Å². The quantitative estimate of drug-likeness (QED) is 0.799. The number of hydrogen-bond donors (Lipinski definition) is 0. The molecule has 0 N–H and O–H groups in total. The third kappa shape index (κ3) is 1.72. The minimum Gasteiger partial charge on any atom is -0.496 e. The van der Waals surface area contributed by atoms with Crippen molar-refractivity contribution in [3.63, 3.8) is 0 Å². The Bertz CT molecular complexity index is 900. The van der Waals surface area contributed by atoms with E-state index in [9.17, 15) is 4.79 Å². The van der Waals surface area contributed by atoms with Gasteiger partial charge < -0.3 is 14.2 Å². The van der Waals surface area contributed by atoms with Crippen molar-refractivity contribution in [1.29, 1.82) is 0 Å². The SMILES string of the molecule is COc1ccc(OC)c2c1[C@H]1O[C@@H]2[C@@H]2C(C=O)=C(c3ccccc3)[C@@H]21. The first kappa shape index (κ1) is 14.7. The molecule has 2 heterocycles. The first-order valence-electron chi connectivity index (χ1n) is 8.45. The molecule has 0 amide bonds. The zero-order chi connectivity index (χ0) is 17.1. The summed E-state index contributed by atoms with van der Waals surface area (Å²) in [6.45, 7) is 0. The molecule has 2 bridgehead atoms. The van der Waals surface area contributed by atoms with Gasteiger partial charge in [0.15, 0.2) is 0 Å². The number of rotatable bonds is 4. The first-order valence-corrected chi connectivity index (χ1v) is 8.45. The second kappa shape index (κ2) is 5.20. The molecule has 4 atom stereocenters. The monoisotopic (exact) mass is 334 g/mol. The fraction of sp³-hybridized carbons (Fsp3) is 0.286. The van der Waals surface area contributed by atoms with Gasteiger partial charge in [-0.2, -0.15) is 0 Å². The summed E-state index contributed by atoms with van der Waals surface area (Å²) >= 11 is 0. The van der Waals surface area contributed by atoms with E-state index >= 15 is 0 Å². The normalized spacial score (nSPS) is 28.2. The van der Waals surface area contributed by atoms with Crippen molar-refractivity contribution in [2.45, 2.75) is 12.2 Å². The molecule has 0 radical (unpaired) electrons. The largest absolute Gasteiger partial charge is 0.496 e. The van der Waals surface area contributed by atoms with Gasteiger partial charge >= 0.3 is 0 Å². The molecule has 2 aromatic rings. The Balaban J connectivity index is 1.68. The second-order valence-corrected chi connectivity index (χ2v) is 6.68. The van der Waals surface area contributed by atoms with Crippen molar-refractivity contribution in [3.05, 3.63) is 64.7 Å². The van der Waals surface area contributed by atoms with E-state index < -0.39 is 0 Å². The van der Waals surface area contributed by atoms with Crippen LogP contribution in [0.2, 0.25) is 0 Å². The first-order chi connectivity index (χ1) is 12.3. The van der Waals surface area contributed by atoms with Crippen LogP contribution in [0.3, 0.4) is 0 Å². The summed E-state index contributed by atoms with van der Waals surface area (Å²) in [4.78, 5) is 11.8. The predicted molar refractivity (Wildman–Crippen MR) is 92.5 cm³/mol. The Labute approximate surface area is 146 Å². The number of carbonyl (C=O) groups is 1. The molecule has 0 spiro atoms. The molecular weight excluding hydrogens is 316 g/mol. The number of hydrogen-bond acceptors (Lipinski definition) is 4. The van der Waals surface area contributed by atoms with Crippen molar-refractivity contribution in [3.8, 4) is 11.5 Å². The molecule has 0 aromatic heterocycles. The highest BCUT2D eigenvalue weighted by molar-refractivity contribution is 5.96. The van der Waals surface area contributed by atoms with E-state index in [4.69, 9.17) is 14.2 Å². The van der Waals surface area contributed by atoms with Crippen molar-refractivity contribution in [2.24, 2.45) is 11.8 Å². The van der Waals surface area contributed by atoms with Crippen molar-refractivity contribution in [2.75, 3.05) is 14.2 Å². The topological polar surface area (TPSA) is 44.8 Å². The third-order valence-electron chi connectivity index (χ3n) is 5.76. The minimum absolute atomic E-state index is 0.0889. The molecule has 0 unspecified atom stereocenters. The van der Waals surface area contributed by atoms with Gasteiger partial charge in [0, 0.05) is 28.5 Å². The Morgan fingerprint density at radius 2 is 1.48 bits per heavy atom. The number of carbonyl (C=O) groups excluding carboxylic acids is 1. The molecule has 126 valence electrons. The molecule has 0 saturated carbocycles. The lowest BCUT2D eigenvalue weighted by Gasteiger charge is -2.41. The van der Waals surface area contributed by atoms with Crippen molar-refractivity contribution >= 4 is 11.9 Å². The zero-order valence-corrected chi connectivity index (χ0v) is 14.1. The average molecular weight is 334 g/mol. The molecule has 1 aliphatic carbocycles. The van der Waals surface area contributed by atoms with Crippen LogP contribution in [0.15, 0.2) is 48.0 Å². The number of benzene rings is 2. The number of aldehydes is 1. The standard InChI is InChI=1S/C21H18O4/c1-23-13-8-9-14(24-2)18-17(13)20-16-12(10-22)15(19(16)21(18)25-20)11-6-4-3-5-7-11/h3-10,16,19-21H,1-2H3/t16-,19+,20-,21-/m1/s1. The zero-order valence-electron chi connectivity index (χ0n) is 14.1. The number of fused-ring (bicyclic) bond motifs is 8. The van der Waals surface area contributed by atoms with Gasteiger partial charge in [-0.25, -0.2) is 0 Å². The molecule has 25 heavy (non-hydrogen) atoms. The fourth-order valence-corrected chi connectivity index (χ4v) is 4.82. The highest BCUT2D eigenvalue weighted by Gasteiger charge is 2.62. The van der Waals surface area contributed by atoms with E-state index in [2.05, 4.69) is 12.1 Å². The van der Waals surface area contributed by atoms with Crippen molar-refractivity contribution in [1.82, 2.24) is 0 Å². The van der Waals surface area contributed by atoms with Crippen LogP contribution in [-0.2, 0) is 9.53 Å². The highest BCUT2D eigenvalue weighted by atomic mass is 16.5. The van der Waals surface area contributed by atoms with E-state index in [1.54, 1.807) is 14.2 Å². The fourth-order valence-electron chi connectivity index (χ4n) is 4.82. The lowest BCUT2D eigenvalue weighted by molar-refractivity contribution is -0.105. The van der Waals surface area contributed by atoms with Crippen LogP contribution in [0.4, 0.5) is 0 Å². The van der Waals surface area contributed by atoms with Crippen molar-refractivity contribution < 1.29 is 19.0 Å². The van der Waals surface area contributed by atoms with Gasteiger partial charge in [0.25, 0.3) is 0 Å². The van der Waals surface area contributed by atoms with Crippen LogP contribution in [0.1, 0.15) is 28.9 Å². The lowest BCUT2D eigenvalue weighted by atomic mass is 9.58. The third-order valence-corrected chi connectivity index (χ3v) is 5.76.